The summed E-state index contributed by atoms with van der Waals surface area (Å²) in [5.41, 5.74) is 1.50. The van der Waals surface area contributed by atoms with Crippen molar-refractivity contribution >= 4 is 21.4 Å². The molecule has 0 bridgehead atoms. The van der Waals surface area contributed by atoms with Crippen LogP contribution >= 0.6 is 11.3 Å². The molecule has 1 aromatic heterocycles. The minimum Gasteiger partial charge on any atom is -0.312 e. The van der Waals surface area contributed by atoms with Gasteiger partial charge >= 0.3 is 0 Å². The number of rotatable bonds is 9. The normalized spacial score (nSPS) is 11.4. The summed E-state index contributed by atoms with van der Waals surface area (Å²) >= 11 is 1.93. The number of nitrogens with zero attached hydrogens (tertiary/aromatic N) is 1. The van der Waals surface area contributed by atoms with Gasteiger partial charge in [0.1, 0.15) is 0 Å². The van der Waals surface area contributed by atoms with Crippen LogP contribution in [-0.4, -0.2) is 25.0 Å². The maximum absolute atomic E-state index is 3.80. The lowest BCUT2D eigenvalue weighted by atomic mass is 10.1. The van der Waals surface area contributed by atoms with Crippen molar-refractivity contribution in [3.8, 4) is 0 Å². The first kappa shape index (κ1) is 16.2. The summed E-state index contributed by atoms with van der Waals surface area (Å²) in [4.78, 5) is 3.90. The topological polar surface area (TPSA) is 15.3 Å². The summed E-state index contributed by atoms with van der Waals surface area (Å²) in [6, 6.07) is 8.77. The Bertz CT molecular complexity index is 574. The molecule has 0 aliphatic rings. The van der Waals surface area contributed by atoms with Crippen molar-refractivity contribution in [1.29, 1.82) is 0 Å². The fourth-order valence-electron chi connectivity index (χ4n) is 2.56. The molecule has 0 saturated carbocycles. The van der Waals surface area contributed by atoms with E-state index in [2.05, 4.69) is 55.0 Å². The first-order chi connectivity index (χ1) is 10.3. The van der Waals surface area contributed by atoms with Crippen molar-refractivity contribution in [2.75, 3.05) is 20.1 Å². The number of allylic oxidation sites excluding steroid dienone is 1. The van der Waals surface area contributed by atoms with Crippen LogP contribution in [0.3, 0.4) is 0 Å². The molecular formula is C18H26N2S. The Morgan fingerprint density at radius 2 is 2.14 bits per heavy atom. The third-order valence-corrected chi connectivity index (χ3v) is 4.91. The number of hydrogen-bond acceptors (Lipinski definition) is 3. The second-order valence-electron chi connectivity index (χ2n) is 5.45. The van der Waals surface area contributed by atoms with E-state index in [-0.39, 0.29) is 0 Å². The number of hydrogen-bond donors (Lipinski definition) is 1. The smallest absolute Gasteiger partial charge is 0.0349 e. The summed E-state index contributed by atoms with van der Waals surface area (Å²) < 4.78 is 1.40. The maximum atomic E-state index is 3.80. The van der Waals surface area contributed by atoms with Crippen molar-refractivity contribution in [1.82, 2.24) is 10.2 Å². The van der Waals surface area contributed by atoms with Crippen LogP contribution in [0, 0.1) is 0 Å². The molecule has 0 amide bonds. The lowest BCUT2D eigenvalue weighted by Crippen LogP contribution is -2.20. The monoisotopic (exact) mass is 302 g/mol. The molecule has 1 aromatic carbocycles. The first-order valence-electron chi connectivity index (χ1n) is 7.75. The van der Waals surface area contributed by atoms with Crippen LogP contribution in [0.15, 0.2) is 36.9 Å². The van der Waals surface area contributed by atoms with Crippen LogP contribution in [0.2, 0.25) is 0 Å². The number of thiophene rings is 1. The molecule has 0 radical (unpaired) electrons. The highest BCUT2D eigenvalue weighted by Gasteiger charge is 2.13. The van der Waals surface area contributed by atoms with E-state index in [1.165, 1.54) is 26.9 Å². The van der Waals surface area contributed by atoms with Gasteiger partial charge in [0.15, 0.2) is 0 Å². The van der Waals surface area contributed by atoms with E-state index in [4.69, 9.17) is 0 Å². The van der Waals surface area contributed by atoms with Gasteiger partial charge in [-0.05, 0) is 50.0 Å². The van der Waals surface area contributed by atoms with Gasteiger partial charge in [-0.1, -0.05) is 31.2 Å². The van der Waals surface area contributed by atoms with Gasteiger partial charge in [0.25, 0.3) is 0 Å². The summed E-state index contributed by atoms with van der Waals surface area (Å²) in [6.45, 7) is 10.1. The molecule has 0 atom stereocenters. The number of benzene rings is 1. The van der Waals surface area contributed by atoms with Gasteiger partial charge in [-0.25, -0.2) is 0 Å². The molecule has 3 heteroatoms. The average molecular weight is 302 g/mol. The van der Waals surface area contributed by atoms with Gasteiger partial charge in [-0.3, -0.25) is 0 Å². The van der Waals surface area contributed by atoms with Crippen LogP contribution in [0.5, 0.6) is 0 Å². The van der Waals surface area contributed by atoms with E-state index in [0.717, 1.165) is 32.6 Å². The molecule has 0 aliphatic carbocycles. The Hall–Kier alpha value is -1.16. The minimum absolute atomic E-state index is 0.978. The summed E-state index contributed by atoms with van der Waals surface area (Å²) in [7, 11) is 2.21. The van der Waals surface area contributed by atoms with Gasteiger partial charge in [-0.15, -0.1) is 17.9 Å². The Balaban J connectivity index is 2.16. The second-order valence-corrected chi connectivity index (χ2v) is 6.59. The zero-order valence-corrected chi connectivity index (χ0v) is 14.0. The van der Waals surface area contributed by atoms with Gasteiger partial charge < -0.3 is 10.2 Å². The molecule has 2 rings (SSSR count). The van der Waals surface area contributed by atoms with E-state index >= 15 is 0 Å². The molecule has 1 heterocycles. The van der Waals surface area contributed by atoms with Crippen molar-refractivity contribution in [2.45, 2.75) is 32.9 Å². The molecule has 2 aromatic rings. The Morgan fingerprint density at radius 1 is 1.33 bits per heavy atom. The third-order valence-electron chi connectivity index (χ3n) is 3.69. The van der Waals surface area contributed by atoms with Crippen LogP contribution in [0.4, 0.5) is 0 Å². The summed E-state index contributed by atoms with van der Waals surface area (Å²) in [5.74, 6) is 0. The molecule has 21 heavy (non-hydrogen) atoms. The zero-order valence-electron chi connectivity index (χ0n) is 13.2. The molecule has 0 spiro atoms. The maximum Gasteiger partial charge on any atom is 0.0349 e. The summed E-state index contributed by atoms with van der Waals surface area (Å²) in [5, 5.41) is 4.89. The quantitative estimate of drug-likeness (QED) is 0.545. The van der Waals surface area contributed by atoms with Crippen molar-refractivity contribution in [3.63, 3.8) is 0 Å². The summed E-state index contributed by atoms with van der Waals surface area (Å²) in [6.07, 6.45) is 4.29. The predicted octanol–water partition coefficient (Wildman–Crippen LogP) is 4.41. The van der Waals surface area contributed by atoms with Crippen LogP contribution in [-0.2, 0) is 13.1 Å². The third kappa shape index (κ3) is 4.40. The molecule has 0 unspecified atom stereocenters. The molecule has 1 N–H and O–H groups in total. The van der Waals surface area contributed by atoms with E-state index in [1.807, 2.05) is 17.4 Å². The zero-order chi connectivity index (χ0) is 15.1. The van der Waals surface area contributed by atoms with Crippen molar-refractivity contribution in [2.24, 2.45) is 0 Å². The lowest BCUT2D eigenvalue weighted by molar-refractivity contribution is 0.323. The fourth-order valence-corrected chi connectivity index (χ4v) is 3.74. The second kappa shape index (κ2) is 8.32. The fraction of sp³-hybridized carbons (Fsp3) is 0.444. The minimum atomic E-state index is 0.978. The molecule has 0 saturated heterocycles. The highest BCUT2D eigenvalue weighted by molar-refractivity contribution is 7.19. The van der Waals surface area contributed by atoms with Gasteiger partial charge in [0.05, 0.1) is 0 Å². The largest absolute Gasteiger partial charge is 0.312 e. The lowest BCUT2D eigenvalue weighted by Gasteiger charge is -2.17. The van der Waals surface area contributed by atoms with Gasteiger partial charge in [0, 0.05) is 22.7 Å². The molecular weight excluding hydrogens is 276 g/mol. The van der Waals surface area contributed by atoms with Gasteiger partial charge in [-0.2, -0.15) is 0 Å². The average Bonchev–Trinajstić information content (AvgIpc) is 2.83. The number of fused-ring (bicyclic) bond motifs is 1. The highest BCUT2D eigenvalue weighted by atomic mass is 32.1. The Morgan fingerprint density at radius 3 is 2.90 bits per heavy atom. The van der Waals surface area contributed by atoms with Crippen LogP contribution < -0.4 is 5.32 Å². The van der Waals surface area contributed by atoms with E-state index in [0.29, 0.717) is 0 Å². The van der Waals surface area contributed by atoms with Crippen LogP contribution in [0.1, 0.15) is 30.2 Å². The molecule has 114 valence electrons. The number of nitrogens with one attached hydrogen (secondary N) is 1. The Labute approximate surface area is 132 Å². The first-order valence-corrected chi connectivity index (χ1v) is 8.57. The SMILES string of the molecule is C=CCCCN(C)Cc1c(CNCC)sc2ccccc12. The van der Waals surface area contributed by atoms with E-state index < -0.39 is 0 Å². The highest BCUT2D eigenvalue weighted by Crippen LogP contribution is 2.32. The van der Waals surface area contributed by atoms with Crippen molar-refractivity contribution in [3.05, 3.63) is 47.4 Å². The van der Waals surface area contributed by atoms with E-state index in [1.54, 1.807) is 0 Å². The van der Waals surface area contributed by atoms with Crippen molar-refractivity contribution < 1.29 is 0 Å². The number of unbranched alkanes of at least 4 members (excludes halogenated alkanes) is 1. The molecule has 0 aliphatic heterocycles. The standard InChI is InChI=1S/C18H26N2S/c1-4-6-9-12-20(3)14-16-15-10-7-8-11-17(15)21-18(16)13-19-5-2/h4,7-8,10-11,19H,1,5-6,9,12-14H2,2-3H3. The van der Waals surface area contributed by atoms with Gasteiger partial charge in [0.2, 0.25) is 0 Å². The van der Waals surface area contributed by atoms with Crippen LogP contribution in [0.25, 0.3) is 10.1 Å². The predicted molar refractivity (Wildman–Crippen MR) is 95.0 cm³/mol. The Kier molecular flexibility index (Phi) is 6.43. The molecule has 2 nitrogen and oxygen atoms in total. The van der Waals surface area contributed by atoms with E-state index in [9.17, 15) is 0 Å². The molecule has 0 fully saturated rings.